The third-order valence-corrected chi connectivity index (χ3v) is 3.71. The van der Waals surface area contributed by atoms with E-state index >= 15 is 0 Å². The number of aryl methyl sites for hydroxylation is 1. The number of hydrogen-bond donors (Lipinski definition) is 3. The Kier molecular flexibility index (Phi) is 5.71. The lowest BCUT2D eigenvalue weighted by Gasteiger charge is -2.18. The summed E-state index contributed by atoms with van der Waals surface area (Å²) < 4.78 is 12.8. The molecule has 122 valence electrons. The Balaban J connectivity index is 1.85. The van der Waals surface area contributed by atoms with Crippen LogP contribution in [0.2, 0.25) is 0 Å². The van der Waals surface area contributed by atoms with E-state index in [1.807, 2.05) is 38.1 Å². The monoisotopic (exact) mass is 316 g/mol. The number of benzene rings is 2. The highest BCUT2D eigenvalue weighted by molar-refractivity contribution is 5.74. The fraction of sp³-hybridized carbons (Fsp3) is 0.278. The number of nitrogens with one attached hydrogen (secondary N) is 2. The van der Waals surface area contributed by atoms with Crippen molar-refractivity contribution in [2.75, 3.05) is 6.54 Å². The number of halogens is 1. The van der Waals surface area contributed by atoms with E-state index in [9.17, 15) is 14.3 Å². The first kappa shape index (κ1) is 17.0. The molecule has 2 unspecified atom stereocenters. The van der Waals surface area contributed by atoms with E-state index in [1.165, 1.54) is 24.3 Å². The van der Waals surface area contributed by atoms with Crippen molar-refractivity contribution in [1.29, 1.82) is 0 Å². The molecule has 0 heterocycles. The lowest BCUT2D eigenvalue weighted by atomic mass is 10.0. The Morgan fingerprint density at radius 1 is 1.17 bits per heavy atom. The molecule has 4 nitrogen and oxygen atoms in total. The maximum absolute atomic E-state index is 12.8. The molecule has 2 amide bonds. The minimum atomic E-state index is -0.880. The third-order valence-electron chi connectivity index (χ3n) is 3.71. The van der Waals surface area contributed by atoms with Crippen molar-refractivity contribution in [2.24, 2.45) is 0 Å². The first-order valence-corrected chi connectivity index (χ1v) is 7.51. The molecule has 0 aromatic heterocycles. The largest absolute Gasteiger partial charge is 0.387 e. The molecule has 2 aromatic rings. The van der Waals surface area contributed by atoms with Gasteiger partial charge in [-0.05, 0) is 42.7 Å². The minimum absolute atomic E-state index is 0.0535. The van der Waals surface area contributed by atoms with Gasteiger partial charge in [-0.15, -0.1) is 0 Å². The van der Waals surface area contributed by atoms with Crippen molar-refractivity contribution in [3.05, 3.63) is 71.0 Å². The van der Waals surface area contributed by atoms with Crippen molar-refractivity contribution in [2.45, 2.75) is 26.0 Å². The number of aliphatic hydroxyl groups is 1. The predicted molar refractivity (Wildman–Crippen MR) is 87.5 cm³/mol. The molecule has 0 spiro atoms. The second kappa shape index (κ2) is 7.74. The van der Waals surface area contributed by atoms with Crippen molar-refractivity contribution < 1.29 is 14.3 Å². The standard InChI is InChI=1S/C18H21FN2O2/c1-12-5-3-4-6-16(12)13(2)21-18(23)20-11-17(22)14-7-9-15(19)10-8-14/h3-10,13,17,22H,11H2,1-2H3,(H2,20,21,23). The molecular formula is C18H21FN2O2. The first-order valence-electron chi connectivity index (χ1n) is 7.51. The van der Waals surface area contributed by atoms with Crippen LogP contribution in [0.3, 0.4) is 0 Å². The fourth-order valence-corrected chi connectivity index (χ4v) is 2.39. The molecule has 23 heavy (non-hydrogen) atoms. The van der Waals surface area contributed by atoms with Crippen molar-refractivity contribution >= 4 is 6.03 Å². The van der Waals surface area contributed by atoms with Gasteiger partial charge in [-0.2, -0.15) is 0 Å². The van der Waals surface area contributed by atoms with Gasteiger partial charge in [0.2, 0.25) is 0 Å². The van der Waals surface area contributed by atoms with Crippen LogP contribution in [0.5, 0.6) is 0 Å². The van der Waals surface area contributed by atoms with Gasteiger partial charge in [0.05, 0.1) is 12.1 Å². The summed E-state index contributed by atoms with van der Waals surface area (Å²) in [6.45, 7) is 3.94. The Morgan fingerprint density at radius 2 is 1.83 bits per heavy atom. The molecular weight excluding hydrogens is 295 g/mol. The van der Waals surface area contributed by atoms with E-state index in [0.717, 1.165) is 11.1 Å². The summed E-state index contributed by atoms with van der Waals surface area (Å²) in [5.74, 6) is -0.362. The van der Waals surface area contributed by atoms with E-state index in [4.69, 9.17) is 0 Å². The van der Waals surface area contributed by atoms with Gasteiger partial charge in [-0.25, -0.2) is 9.18 Å². The van der Waals surface area contributed by atoms with Gasteiger partial charge in [-0.3, -0.25) is 0 Å². The zero-order chi connectivity index (χ0) is 16.8. The highest BCUT2D eigenvalue weighted by Gasteiger charge is 2.13. The first-order chi connectivity index (χ1) is 11.0. The molecule has 5 heteroatoms. The van der Waals surface area contributed by atoms with Gasteiger partial charge in [0.15, 0.2) is 0 Å². The molecule has 0 aliphatic rings. The zero-order valence-electron chi connectivity index (χ0n) is 13.2. The molecule has 0 bridgehead atoms. The van der Waals surface area contributed by atoms with Crippen LogP contribution in [-0.4, -0.2) is 17.7 Å². The second-order valence-corrected chi connectivity index (χ2v) is 5.50. The Morgan fingerprint density at radius 3 is 2.48 bits per heavy atom. The molecule has 0 saturated heterocycles. The summed E-state index contributed by atoms with van der Waals surface area (Å²) in [5.41, 5.74) is 2.70. The zero-order valence-corrected chi connectivity index (χ0v) is 13.2. The van der Waals surface area contributed by atoms with Gasteiger partial charge in [0.25, 0.3) is 0 Å². The second-order valence-electron chi connectivity index (χ2n) is 5.50. The number of hydrogen-bond acceptors (Lipinski definition) is 2. The van der Waals surface area contributed by atoms with E-state index in [1.54, 1.807) is 0 Å². The SMILES string of the molecule is Cc1ccccc1C(C)NC(=O)NCC(O)c1ccc(F)cc1. The normalized spacial score (nSPS) is 13.2. The molecule has 2 atom stereocenters. The van der Waals surface area contributed by atoms with Gasteiger partial charge >= 0.3 is 6.03 Å². The van der Waals surface area contributed by atoms with Gasteiger partial charge in [0.1, 0.15) is 5.82 Å². The van der Waals surface area contributed by atoms with Crippen LogP contribution < -0.4 is 10.6 Å². The topological polar surface area (TPSA) is 61.4 Å². The maximum atomic E-state index is 12.8. The van der Waals surface area contributed by atoms with Crippen molar-refractivity contribution in [3.63, 3.8) is 0 Å². The molecule has 0 aliphatic heterocycles. The lowest BCUT2D eigenvalue weighted by Crippen LogP contribution is -2.39. The van der Waals surface area contributed by atoms with Crippen LogP contribution in [0, 0.1) is 12.7 Å². The number of aliphatic hydroxyl groups excluding tert-OH is 1. The third kappa shape index (κ3) is 4.79. The maximum Gasteiger partial charge on any atom is 0.315 e. The lowest BCUT2D eigenvalue weighted by molar-refractivity contribution is 0.172. The van der Waals surface area contributed by atoms with Gasteiger partial charge in [-0.1, -0.05) is 36.4 Å². The summed E-state index contributed by atoms with van der Waals surface area (Å²) in [5, 5.41) is 15.4. The van der Waals surface area contributed by atoms with E-state index in [2.05, 4.69) is 10.6 Å². The van der Waals surface area contributed by atoms with Gasteiger partial charge < -0.3 is 15.7 Å². The molecule has 2 aromatic carbocycles. The number of rotatable bonds is 5. The number of carbonyl (C=O) groups excluding carboxylic acids is 1. The van der Waals surface area contributed by atoms with Crippen LogP contribution >= 0.6 is 0 Å². The smallest absolute Gasteiger partial charge is 0.315 e. The average Bonchev–Trinajstić information content (AvgIpc) is 2.53. The number of carbonyl (C=O) groups is 1. The van der Waals surface area contributed by atoms with E-state index in [0.29, 0.717) is 5.56 Å². The molecule has 0 radical (unpaired) electrons. The molecule has 3 N–H and O–H groups in total. The average molecular weight is 316 g/mol. The quantitative estimate of drug-likeness (QED) is 0.793. The van der Waals surface area contributed by atoms with Gasteiger partial charge in [0, 0.05) is 6.54 Å². The Hall–Kier alpha value is -2.40. The number of amides is 2. The Labute approximate surface area is 135 Å². The molecule has 2 rings (SSSR count). The van der Waals surface area contributed by atoms with Crippen molar-refractivity contribution in [3.8, 4) is 0 Å². The summed E-state index contributed by atoms with van der Waals surface area (Å²) in [4.78, 5) is 11.9. The van der Waals surface area contributed by atoms with Crippen LogP contribution in [0.4, 0.5) is 9.18 Å². The van der Waals surface area contributed by atoms with E-state index in [-0.39, 0.29) is 24.4 Å². The van der Waals surface area contributed by atoms with Crippen LogP contribution in [0.25, 0.3) is 0 Å². The Bertz CT molecular complexity index is 658. The summed E-state index contributed by atoms with van der Waals surface area (Å²) in [6.07, 6.45) is -0.880. The van der Waals surface area contributed by atoms with E-state index < -0.39 is 6.10 Å². The summed E-state index contributed by atoms with van der Waals surface area (Å²) in [7, 11) is 0. The summed E-state index contributed by atoms with van der Waals surface area (Å²) in [6, 6.07) is 12.9. The summed E-state index contributed by atoms with van der Waals surface area (Å²) >= 11 is 0. The van der Waals surface area contributed by atoms with Crippen molar-refractivity contribution in [1.82, 2.24) is 10.6 Å². The number of urea groups is 1. The highest BCUT2D eigenvalue weighted by Crippen LogP contribution is 2.16. The van der Waals surface area contributed by atoms with Crippen LogP contribution in [-0.2, 0) is 0 Å². The van der Waals surface area contributed by atoms with Crippen LogP contribution in [0.1, 0.15) is 35.8 Å². The fourth-order valence-electron chi connectivity index (χ4n) is 2.39. The van der Waals surface area contributed by atoms with Crippen LogP contribution in [0.15, 0.2) is 48.5 Å². The highest BCUT2D eigenvalue weighted by atomic mass is 19.1. The minimum Gasteiger partial charge on any atom is -0.387 e. The molecule has 0 saturated carbocycles. The predicted octanol–water partition coefficient (Wildman–Crippen LogP) is 3.23. The molecule has 0 fully saturated rings. The molecule has 0 aliphatic carbocycles.